The van der Waals surface area contributed by atoms with Crippen molar-refractivity contribution in [2.75, 3.05) is 0 Å². The molecule has 6 nitrogen and oxygen atoms in total. The Morgan fingerprint density at radius 2 is 1.61 bits per heavy atom. The van der Waals surface area contributed by atoms with Crippen LogP contribution in [0.25, 0.3) is 16.8 Å². The second-order valence-corrected chi connectivity index (χ2v) is 8.19. The Labute approximate surface area is 184 Å². The minimum atomic E-state index is -0.477. The zero-order valence-electron chi connectivity index (χ0n) is 19.4. The first-order valence-electron chi connectivity index (χ1n) is 11.2. The van der Waals surface area contributed by atoms with Crippen LogP contribution in [0.4, 0.5) is 0 Å². The fourth-order valence-corrected chi connectivity index (χ4v) is 4.45. The van der Waals surface area contributed by atoms with Gasteiger partial charge in [0.1, 0.15) is 0 Å². The summed E-state index contributed by atoms with van der Waals surface area (Å²) in [6.07, 6.45) is 4.89. The van der Waals surface area contributed by atoms with Crippen LogP contribution in [0, 0.1) is 13.8 Å². The lowest BCUT2D eigenvalue weighted by atomic mass is 9.98. The molecule has 0 atom stereocenters. The summed E-state index contributed by atoms with van der Waals surface area (Å²) >= 11 is 0. The predicted molar refractivity (Wildman–Crippen MR) is 126 cm³/mol. The van der Waals surface area contributed by atoms with E-state index in [1.165, 1.54) is 0 Å². The summed E-state index contributed by atoms with van der Waals surface area (Å²) < 4.78 is 5.74. The zero-order valence-corrected chi connectivity index (χ0v) is 19.4. The van der Waals surface area contributed by atoms with Gasteiger partial charge in [0.15, 0.2) is 0 Å². The maximum absolute atomic E-state index is 13.7. The molecule has 2 N–H and O–H groups in total. The molecule has 1 aromatic carbocycles. The highest BCUT2D eigenvalue weighted by molar-refractivity contribution is 6.02. The first kappa shape index (κ1) is 22.7. The van der Waals surface area contributed by atoms with Gasteiger partial charge in [0.2, 0.25) is 0 Å². The van der Waals surface area contributed by atoms with Gasteiger partial charge in [-0.15, -0.1) is 0 Å². The highest BCUT2D eigenvalue weighted by Crippen LogP contribution is 2.34. The van der Waals surface area contributed by atoms with E-state index in [1.807, 2.05) is 55.9 Å². The number of carbonyl (C=O) groups excluding carboxylic acids is 1. The molecule has 0 spiro atoms. The lowest BCUT2D eigenvalue weighted by Crippen LogP contribution is -2.21. The van der Waals surface area contributed by atoms with Crippen LogP contribution in [-0.4, -0.2) is 19.8 Å². The number of nitrogens with zero attached hydrogens (tertiary/aromatic N) is 3. The van der Waals surface area contributed by atoms with Gasteiger partial charge in [-0.2, -0.15) is 0 Å². The molecule has 0 saturated heterocycles. The van der Waals surface area contributed by atoms with Crippen molar-refractivity contribution in [3.63, 3.8) is 0 Å². The molecule has 0 aliphatic heterocycles. The average Bonchev–Trinajstić information content (AvgIpc) is 3.14. The molecular formula is C25H34N4O2. The summed E-state index contributed by atoms with van der Waals surface area (Å²) in [6, 6.07) is 9.58. The van der Waals surface area contributed by atoms with Crippen molar-refractivity contribution in [3.05, 3.63) is 63.3 Å². The normalized spacial score (nSPS) is 11.3. The number of nitrogens with two attached hydrogens (primary N) is 1. The Balaban J connectivity index is 2.37. The summed E-state index contributed by atoms with van der Waals surface area (Å²) in [5.41, 5.74) is 11.1. The van der Waals surface area contributed by atoms with Crippen LogP contribution in [-0.2, 0) is 20.0 Å². The minimum absolute atomic E-state index is 0.126. The van der Waals surface area contributed by atoms with E-state index in [-0.39, 0.29) is 5.56 Å². The molecule has 0 aliphatic rings. The number of para-hydroxylation sites is 1. The summed E-state index contributed by atoms with van der Waals surface area (Å²) in [6.45, 7) is 9.00. The van der Waals surface area contributed by atoms with E-state index in [2.05, 4.69) is 18.4 Å². The molecule has 0 aliphatic carbocycles. The molecular weight excluding hydrogens is 388 g/mol. The molecule has 0 radical (unpaired) electrons. The maximum atomic E-state index is 13.7. The molecule has 31 heavy (non-hydrogen) atoms. The molecule has 0 unspecified atom stereocenters. The smallest absolute Gasteiger partial charge is 0.279 e. The van der Waals surface area contributed by atoms with Crippen LogP contribution in [0.2, 0.25) is 0 Å². The average molecular weight is 423 g/mol. The van der Waals surface area contributed by atoms with Crippen LogP contribution in [0.15, 0.2) is 35.1 Å². The van der Waals surface area contributed by atoms with E-state index >= 15 is 0 Å². The van der Waals surface area contributed by atoms with Gasteiger partial charge in [-0.05, 0) is 45.2 Å². The predicted octanol–water partition coefficient (Wildman–Crippen LogP) is 4.50. The van der Waals surface area contributed by atoms with Crippen molar-refractivity contribution in [3.8, 4) is 16.8 Å². The van der Waals surface area contributed by atoms with Gasteiger partial charge in [-0.1, -0.05) is 44.9 Å². The van der Waals surface area contributed by atoms with E-state index in [9.17, 15) is 9.59 Å². The van der Waals surface area contributed by atoms with Crippen LogP contribution in [0.5, 0.6) is 0 Å². The first-order chi connectivity index (χ1) is 14.8. The maximum Gasteiger partial charge on any atom is 0.279 e. The number of hydrogen-bond acceptors (Lipinski definition) is 2. The van der Waals surface area contributed by atoms with E-state index in [0.717, 1.165) is 67.0 Å². The minimum Gasteiger partial charge on any atom is -0.366 e. The number of rotatable bonds is 9. The third kappa shape index (κ3) is 3.99. The van der Waals surface area contributed by atoms with Gasteiger partial charge >= 0.3 is 0 Å². The highest BCUT2D eigenvalue weighted by Gasteiger charge is 2.29. The topological polar surface area (TPSA) is 75.0 Å². The molecule has 2 aromatic heterocycles. The molecule has 3 aromatic rings. The Morgan fingerprint density at radius 3 is 2.19 bits per heavy atom. The summed E-state index contributed by atoms with van der Waals surface area (Å²) in [5, 5.41) is 0. The van der Waals surface area contributed by atoms with Gasteiger partial charge in [0, 0.05) is 36.2 Å². The van der Waals surface area contributed by atoms with E-state index in [1.54, 1.807) is 4.68 Å². The van der Waals surface area contributed by atoms with Crippen molar-refractivity contribution >= 4 is 5.91 Å². The van der Waals surface area contributed by atoms with Gasteiger partial charge in [-0.25, -0.2) is 4.68 Å². The number of amides is 1. The highest BCUT2D eigenvalue weighted by atomic mass is 16.1. The Kier molecular flexibility index (Phi) is 6.88. The van der Waals surface area contributed by atoms with E-state index in [0.29, 0.717) is 11.1 Å². The quantitative estimate of drug-likeness (QED) is 0.551. The molecule has 1 amide bonds. The van der Waals surface area contributed by atoms with Crippen molar-refractivity contribution < 1.29 is 4.79 Å². The second kappa shape index (κ2) is 9.41. The van der Waals surface area contributed by atoms with Crippen molar-refractivity contribution in [1.82, 2.24) is 13.9 Å². The number of carbonyl (C=O) groups is 1. The summed E-state index contributed by atoms with van der Waals surface area (Å²) in [5.74, 6) is -0.477. The van der Waals surface area contributed by atoms with Crippen LogP contribution < -0.4 is 11.3 Å². The number of hydrogen-bond donors (Lipinski definition) is 1. The largest absolute Gasteiger partial charge is 0.366 e. The van der Waals surface area contributed by atoms with Crippen LogP contribution >= 0.6 is 0 Å². The molecule has 3 rings (SSSR count). The Hall–Kier alpha value is -3.02. The standard InChI is InChI=1S/C25H34N4O2/c1-6-8-15-20-23(21(24(26)30)18(4)28(20)16-9-7-2)22-17(3)27(5)29(25(22)31)19-13-11-10-12-14-19/h10-14H,6-9,15-16H2,1-5H3,(H2,26,30). The number of aromatic nitrogens is 3. The molecule has 0 fully saturated rings. The lowest BCUT2D eigenvalue weighted by Gasteiger charge is -2.12. The molecule has 0 bridgehead atoms. The van der Waals surface area contributed by atoms with Crippen molar-refractivity contribution in [2.24, 2.45) is 12.8 Å². The fourth-order valence-electron chi connectivity index (χ4n) is 4.45. The van der Waals surface area contributed by atoms with Gasteiger partial charge < -0.3 is 10.3 Å². The van der Waals surface area contributed by atoms with Gasteiger partial charge in [0.25, 0.3) is 11.5 Å². The third-order valence-corrected chi connectivity index (χ3v) is 6.18. The fraction of sp³-hybridized carbons (Fsp3) is 0.440. The van der Waals surface area contributed by atoms with Crippen LogP contribution in [0.1, 0.15) is 67.0 Å². The molecule has 0 saturated carbocycles. The van der Waals surface area contributed by atoms with Crippen molar-refractivity contribution in [2.45, 2.75) is 66.3 Å². The summed E-state index contributed by atoms with van der Waals surface area (Å²) in [4.78, 5) is 26.3. The van der Waals surface area contributed by atoms with Crippen LogP contribution in [0.3, 0.4) is 0 Å². The SMILES string of the molecule is CCCCc1c(-c2c(C)n(C)n(-c3ccccc3)c2=O)c(C(N)=O)c(C)n1CCCC. The zero-order chi connectivity index (χ0) is 22.7. The van der Waals surface area contributed by atoms with E-state index < -0.39 is 5.91 Å². The van der Waals surface area contributed by atoms with E-state index in [4.69, 9.17) is 5.73 Å². The first-order valence-corrected chi connectivity index (χ1v) is 11.2. The van der Waals surface area contributed by atoms with Gasteiger partial charge in [0.05, 0.1) is 16.8 Å². The number of primary amides is 1. The Morgan fingerprint density at radius 1 is 0.968 bits per heavy atom. The third-order valence-electron chi connectivity index (χ3n) is 6.18. The van der Waals surface area contributed by atoms with Crippen molar-refractivity contribution in [1.29, 1.82) is 0 Å². The number of benzene rings is 1. The Bertz CT molecular complexity index is 1130. The molecule has 2 heterocycles. The number of unbranched alkanes of at least 4 members (excludes halogenated alkanes) is 2. The monoisotopic (exact) mass is 422 g/mol. The molecule has 6 heteroatoms. The second-order valence-electron chi connectivity index (χ2n) is 8.19. The summed E-state index contributed by atoms with van der Waals surface area (Å²) in [7, 11) is 1.88. The lowest BCUT2D eigenvalue weighted by molar-refractivity contribution is 0.1000. The van der Waals surface area contributed by atoms with Gasteiger partial charge in [-0.3, -0.25) is 14.3 Å². The molecule has 166 valence electrons.